The molecule has 0 heterocycles. The van der Waals surface area contributed by atoms with E-state index >= 15 is 0 Å². The van der Waals surface area contributed by atoms with Crippen LogP contribution in [0, 0.1) is 11.5 Å². The van der Waals surface area contributed by atoms with Gasteiger partial charge in [0.15, 0.2) is 6.29 Å². The van der Waals surface area contributed by atoms with Gasteiger partial charge in [-0.15, -0.1) is 5.54 Å². The third-order valence-corrected chi connectivity index (χ3v) is 12.9. The van der Waals surface area contributed by atoms with Crippen molar-refractivity contribution >= 4 is 14.4 Å². The maximum Gasteiger partial charge on any atom is 0.150 e. The number of hydrogen-bond donors (Lipinski definition) is 0. The van der Waals surface area contributed by atoms with Gasteiger partial charge in [-0.3, -0.25) is 4.79 Å². The molecule has 1 aromatic rings. The molecule has 0 N–H and O–H groups in total. The van der Waals surface area contributed by atoms with Gasteiger partial charge in [0.25, 0.3) is 0 Å². The molecule has 2 aliphatic carbocycles. The molecule has 1 nitrogen and oxygen atoms in total. The summed E-state index contributed by atoms with van der Waals surface area (Å²) in [5.41, 5.74) is 11.6. The zero-order valence-corrected chi connectivity index (χ0v) is 20.0. The summed E-state index contributed by atoms with van der Waals surface area (Å²) >= 11 is 0. The van der Waals surface area contributed by atoms with Crippen molar-refractivity contribution in [2.75, 3.05) is 0 Å². The van der Waals surface area contributed by atoms with Crippen LogP contribution in [0.25, 0.3) is 22.3 Å². The average Bonchev–Trinajstić information content (AvgIpc) is 2.90. The first kappa shape index (κ1) is 22.1. The summed E-state index contributed by atoms with van der Waals surface area (Å²) in [6, 6.07) is 20.7. The second-order valence-corrected chi connectivity index (χ2v) is 14.7. The summed E-state index contributed by atoms with van der Waals surface area (Å²) in [6.07, 6.45) is 0.952. The Kier molecular flexibility index (Phi) is 6.63. The van der Waals surface area contributed by atoms with Gasteiger partial charge in [0.2, 0.25) is 0 Å². The van der Waals surface area contributed by atoms with Crippen LogP contribution in [0.4, 0.5) is 0 Å². The molecule has 154 valence electrons. The Morgan fingerprint density at radius 2 is 1.27 bits per heavy atom. The monoisotopic (exact) mass is 412 g/mol. The molecule has 0 radical (unpaired) electrons. The second-order valence-electron chi connectivity index (χ2n) is 9.09. The standard InChI is InChI=1S/C28H32OSi/c1-20(2)30(21(3)4,22(5)6)17-16-25-18-26(19-29)28-15-13-24(12-14-27(25)28)23-10-8-7-9-11-23/h7-15,18-22H,1-6H3. The zero-order chi connectivity index (χ0) is 21.9. The van der Waals surface area contributed by atoms with Gasteiger partial charge in [-0.05, 0) is 44.9 Å². The van der Waals surface area contributed by atoms with Crippen molar-refractivity contribution in [1.29, 1.82) is 0 Å². The highest BCUT2D eigenvalue weighted by Gasteiger charge is 2.41. The maximum atomic E-state index is 11.8. The summed E-state index contributed by atoms with van der Waals surface area (Å²) in [5.74, 6) is 3.55. The van der Waals surface area contributed by atoms with Crippen molar-refractivity contribution < 1.29 is 4.79 Å². The summed E-state index contributed by atoms with van der Waals surface area (Å²) in [4.78, 5) is 11.8. The Hall–Kier alpha value is -2.63. The molecule has 0 aromatic heterocycles. The molecular weight excluding hydrogens is 380 g/mol. The number of carbonyl (C=O) groups is 1. The van der Waals surface area contributed by atoms with Crippen LogP contribution in [0.3, 0.4) is 0 Å². The van der Waals surface area contributed by atoms with Crippen LogP contribution in [-0.4, -0.2) is 14.4 Å². The number of benzene rings is 1. The van der Waals surface area contributed by atoms with E-state index in [9.17, 15) is 4.79 Å². The van der Waals surface area contributed by atoms with Crippen LogP contribution in [-0.2, 0) is 0 Å². The van der Waals surface area contributed by atoms with Crippen molar-refractivity contribution in [2.45, 2.75) is 58.2 Å². The van der Waals surface area contributed by atoms with Crippen molar-refractivity contribution in [3.63, 3.8) is 0 Å². The smallest absolute Gasteiger partial charge is 0.150 e. The van der Waals surface area contributed by atoms with Crippen molar-refractivity contribution in [2.24, 2.45) is 0 Å². The van der Waals surface area contributed by atoms with E-state index < -0.39 is 8.07 Å². The Labute approximate surface area is 182 Å². The first-order valence-corrected chi connectivity index (χ1v) is 13.1. The second kappa shape index (κ2) is 9.02. The van der Waals surface area contributed by atoms with Gasteiger partial charge >= 0.3 is 0 Å². The number of rotatable bonds is 5. The molecular formula is C28H32OSi. The molecule has 0 amide bonds. The Morgan fingerprint density at radius 1 is 0.733 bits per heavy atom. The van der Waals surface area contributed by atoms with Crippen LogP contribution in [0.5, 0.6) is 0 Å². The van der Waals surface area contributed by atoms with Gasteiger partial charge in [-0.25, -0.2) is 0 Å². The van der Waals surface area contributed by atoms with E-state index in [-0.39, 0.29) is 0 Å². The van der Waals surface area contributed by atoms with E-state index in [4.69, 9.17) is 0 Å². The van der Waals surface area contributed by atoms with E-state index in [0.717, 1.165) is 34.1 Å². The predicted octanol–water partition coefficient (Wildman–Crippen LogP) is 7.84. The third kappa shape index (κ3) is 4.00. The van der Waals surface area contributed by atoms with E-state index in [1.54, 1.807) is 0 Å². The quantitative estimate of drug-likeness (QED) is 0.237. The first-order chi connectivity index (χ1) is 14.3. The minimum Gasteiger partial charge on any atom is -0.298 e. The van der Waals surface area contributed by atoms with Crippen molar-refractivity contribution in [3.8, 4) is 33.7 Å². The minimum absolute atomic E-state index is 0.581. The lowest BCUT2D eigenvalue weighted by atomic mass is 10.1. The van der Waals surface area contributed by atoms with Gasteiger partial charge in [0, 0.05) is 11.1 Å². The summed E-state index contributed by atoms with van der Waals surface area (Å²) in [6.45, 7) is 14.0. The number of hydrogen-bond acceptors (Lipinski definition) is 1. The molecule has 0 fully saturated rings. The molecule has 0 unspecified atom stereocenters. The Morgan fingerprint density at radius 3 is 1.80 bits per heavy atom. The van der Waals surface area contributed by atoms with Crippen LogP contribution in [0.2, 0.25) is 16.6 Å². The fraction of sp³-hybridized carbons (Fsp3) is 0.321. The molecule has 0 spiro atoms. The largest absolute Gasteiger partial charge is 0.298 e. The van der Waals surface area contributed by atoms with Gasteiger partial charge in [-0.1, -0.05) is 102 Å². The molecule has 0 atom stereocenters. The number of carbonyl (C=O) groups excluding carboxylic acids is 1. The molecule has 3 rings (SSSR count). The Bertz CT molecular complexity index is 1030. The lowest BCUT2D eigenvalue weighted by Crippen LogP contribution is -2.43. The lowest BCUT2D eigenvalue weighted by molar-refractivity contribution is 0.112. The van der Waals surface area contributed by atoms with Crippen LogP contribution in [0.15, 0.2) is 60.7 Å². The van der Waals surface area contributed by atoms with Gasteiger partial charge in [0.1, 0.15) is 8.07 Å². The van der Waals surface area contributed by atoms with Gasteiger partial charge in [-0.2, -0.15) is 0 Å². The third-order valence-electron chi connectivity index (χ3n) is 6.56. The van der Waals surface area contributed by atoms with Gasteiger partial charge < -0.3 is 0 Å². The van der Waals surface area contributed by atoms with Crippen LogP contribution < -0.4 is 0 Å². The average molecular weight is 413 g/mol. The SMILES string of the molecule is CC(C)[Si](C#Cc1cc(C=O)c2ccc(-c3ccccc3)ccc1-2)(C(C)C)C(C)C. The molecule has 0 aliphatic heterocycles. The molecule has 2 aliphatic rings. The van der Waals surface area contributed by atoms with Crippen LogP contribution in [0.1, 0.15) is 57.5 Å². The fourth-order valence-corrected chi connectivity index (χ4v) is 10.2. The van der Waals surface area contributed by atoms with E-state index in [2.05, 4.69) is 89.4 Å². The molecule has 1 aromatic carbocycles. The first-order valence-electron chi connectivity index (χ1n) is 10.9. The highest BCUT2D eigenvalue weighted by molar-refractivity contribution is 6.90. The predicted molar refractivity (Wildman–Crippen MR) is 132 cm³/mol. The summed E-state index contributed by atoms with van der Waals surface area (Å²) < 4.78 is 0. The van der Waals surface area contributed by atoms with E-state index in [1.165, 1.54) is 5.56 Å². The molecule has 2 heteroatoms. The molecule has 0 saturated carbocycles. The zero-order valence-electron chi connectivity index (χ0n) is 19.0. The molecule has 30 heavy (non-hydrogen) atoms. The highest BCUT2D eigenvalue weighted by Crippen LogP contribution is 2.41. The molecule has 0 saturated heterocycles. The molecule has 0 bridgehead atoms. The number of aldehydes is 1. The van der Waals surface area contributed by atoms with Gasteiger partial charge in [0.05, 0.1) is 0 Å². The minimum atomic E-state index is -1.83. The normalized spacial score (nSPS) is 11.8. The fourth-order valence-electron chi connectivity index (χ4n) is 5.01. The maximum absolute atomic E-state index is 11.8. The Balaban J connectivity index is 2.16. The summed E-state index contributed by atoms with van der Waals surface area (Å²) in [5, 5.41) is 0. The van der Waals surface area contributed by atoms with Crippen molar-refractivity contribution in [1.82, 2.24) is 0 Å². The number of fused-ring (bicyclic) bond motifs is 1. The summed E-state index contributed by atoms with van der Waals surface area (Å²) in [7, 11) is -1.83. The lowest BCUT2D eigenvalue weighted by Gasteiger charge is -2.38. The van der Waals surface area contributed by atoms with E-state index in [1.807, 2.05) is 24.3 Å². The van der Waals surface area contributed by atoms with Crippen LogP contribution >= 0.6 is 0 Å². The van der Waals surface area contributed by atoms with Crippen molar-refractivity contribution in [3.05, 3.63) is 71.8 Å². The topological polar surface area (TPSA) is 17.1 Å². The van der Waals surface area contributed by atoms with E-state index in [0.29, 0.717) is 16.6 Å². The highest BCUT2D eigenvalue weighted by atomic mass is 28.3.